The topological polar surface area (TPSA) is 87.9 Å². The average molecular weight is 372 g/mol. The van der Waals surface area contributed by atoms with Crippen LogP contribution in [0.15, 0.2) is 41.1 Å². The maximum absolute atomic E-state index is 12.6. The number of nitrogens with one attached hydrogen (secondary N) is 1. The van der Waals surface area contributed by atoms with E-state index in [0.29, 0.717) is 31.9 Å². The van der Waals surface area contributed by atoms with Crippen LogP contribution in [0.1, 0.15) is 17.7 Å². The van der Waals surface area contributed by atoms with E-state index in [1.807, 2.05) is 29.2 Å². The molecule has 0 aliphatic carbocycles. The molecule has 0 bridgehead atoms. The molecule has 1 atom stereocenters. The predicted molar refractivity (Wildman–Crippen MR) is 97.8 cm³/mol. The number of carbonyl (C=O) groups excluding carboxylic acids is 2. The number of methoxy groups -OCH3 is 1. The molecule has 8 heteroatoms. The molecule has 0 radical (unpaired) electrons. The van der Waals surface area contributed by atoms with Crippen LogP contribution in [0.3, 0.4) is 0 Å². The van der Waals surface area contributed by atoms with Crippen molar-refractivity contribution in [3.63, 3.8) is 0 Å². The minimum atomic E-state index is -0.505. The summed E-state index contributed by atoms with van der Waals surface area (Å²) in [7, 11) is 3.32. The quantitative estimate of drug-likeness (QED) is 0.781. The molecule has 1 aliphatic rings. The number of piperazine rings is 1. The molecule has 1 aliphatic heterocycles. The van der Waals surface area contributed by atoms with E-state index in [4.69, 9.17) is 9.26 Å². The summed E-state index contributed by atoms with van der Waals surface area (Å²) in [6.07, 6.45) is 1.65. The highest BCUT2D eigenvalue weighted by molar-refractivity contribution is 5.88. The normalized spacial score (nSPS) is 17.4. The van der Waals surface area contributed by atoms with Gasteiger partial charge in [-0.25, -0.2) is 0 Å². The van der Waals surface area contributed by atoms with Gasteiger partial charge in [-0.1, -0.05) is 17.3 Å². The van der Waals surface area contributed by atoms with Gasteiger partial charge in [0, 0.05) is 32.7 Å². The number of amides is 2. The van der Waals surface area contributed by atoms with Gasteiger partial charge < -0.3 is 19.5 Å². The van der Waals surface area contributed by atoms with Crippen LogP contribution in [0, 0.1) is 0 Å². The number of aromatic nitrogens is 1. The molecule has 1 aromatic heterocycles. The summed E-state index contributed by atoms with van der Waals surface area (Å²) in [6.45, 7) is 2.16. The first kappa shape index (κ1) is 18.9. The largest absolute Gasteiger partial charge is 0.497 e. The second-order valence-electron chi connectivity index (χ2n) is 6.56. The monoisotopic (exact) mass is 372 g/mol. The maximum atomic E-state index is 12.6. The standard InChI is InChI=1S/C19H24N4O4/c1-22(13-16-6-7-21-27-16)18(24)11-17-19(25)20-8-9-23(17)12-14-4-3-5-15(10-14)26-2/h3-7,10,17H,8-9,11-13H2,1-2H3,(H,20,25). The predicted octanol–water partition coefficient (Wildman–Crippen LogP) is 1.03. The van der Waals surface area contributed by atoms with Crippen LogP contribution in [0.4, 0.5) is 0 Å². The fourth-order valence-corrected chi connectivity index (χ4v) is 3.15. The Morgan fingerprint density at radius 1 is 1.44 bits per heavy atom. The zero-order valence-corrected chi connectivity index (χ0v) is 15.6. The number of benzene rings is 1. The van der Waals surface area contributed by atoms with E-state index in [1.165, 1.54) is 6.20 Å². The van der Waals surface area contributed by atoms with E-state index < -0.39 is 6.04 Å². The van der Waals surface area contributed by atoms with Crippen molar-refractivity contribution in [1.82, 2.24) is 20.3 Å². The van der Waals surface area contributed by atoms with Gasteiger partial charge in [0.1, 0.15) is 5.75 Å². The number of hydrogen-bond donors (Lipinski definition) is 1. The number of hydrogen-bond acceptors (Lipinski definition) is 6. The molecule has 27 heavy (non-hydrogen) atoms. The van der Waals surface area contributed by atoms with E-state index in [9.17, 15) is 9.59 Å². The highest BCUT2D eigenvalue weighted by Gasteiger charge is 2.32. The molecule has 8 nitrogen and oxygen atoms in total. The Morgan fingerprint density at radius 2 is 2.30 bits per heavy atom. The molecule has 1 unspecified atom stereocenters. The van der Waals surface area contributed by atoms with E-state index >= 15 is 0 Å². The van der Waals surface area contributed by atoms with Gasteiger partial charge >= 0.3 is 0 Å². The van der Waals surface area contributed by atoms with Crippen molar-refractivity contribution in [3.8, 4) is 5.75 Å². The summed E-state index contributed by atoms with van der Waals surface area (Å²) < 4.78 is 10.3. The Hall–Kier alpha value is -2.87. The number of rotatable bonds is 7. The van der Waals surface area contributed by atoms with Crippen LogP contribution in [-0.4, -0.2) is 60.1 Å². The Morgan fingerprint density at radius 3 is 3.04 bits per heavy atom. The van der Waals surface area contributed by atoms with Crippen LogP contribution < -0.4 is 10.1 Å². The minimum Gasteiger partial charge on any atom is -0.497 e. The Labute approximate surface area is 158 Å². The third-order valence-corrected chi connectivity index (χ3v) is 4.64. The highest BCUT2D eigenvalue weighted by atomic mass is 16.5. The lowest BCUT2D eigenvalue weighted by atomic mass is 10.1. The van der Waals surface area contributed by atoms with Crippen molar-refractivity contribution in [3.05, 3.63) is 47.9 Å². The lowest BCUT2D eigenvalue weighted by molar-refractivity contribution is -0.138. The Kier molecular flexibility index (Phi) is 6.08. The molecule has 1 N–H and O–H groups in total. The van der Waals surface area contributed by atoms with Gasteiger partial charge in [-0.15, -0.1) is 0 Å². The molecular formula is C19H24N4O4. The van der Waals surface area contributed by atoms with Crippen molar-refractivity contribution in [1.29, 1.82) is 0 Å². The summed E-state index contributed by atoms with van der Waals surface area (Å²) in [5.41, 5.74) is 1.04. The van der Waals surface area contributed by atoms with Gasteiger partial charge in [0.05, 0.1) is 32.3 Å². The van der Waals surface area contributed by atoms with Crippen molar-refractivity contribution >= 4 is 11.8 Å². The fourth-order valence-electron chi connectivity index (χ4n) is 3.15. The SMILES string of the molecule is COc1cccc(CN2CCNC(=O)C2CC(=O)N(C)Cc2ccno2)c1. The lowest BCUT2D eigenvalue weighted by Gasteiger charge is -2.35. The minimum absolute atomic E-state index is 0.112. The van der Waals surface area contributed by atoms with Crippen molar-refractivity contribution in [2.45, 2.75) is 25.6 Å². The number of nitrogens with zero attached hydrogens (tertiary/aromatic N) is 3. The molecule has 3 rings (SSSR count). The molecule has 0 spiro atoms. The third-order valence-electron chi connectivity index (χ3n) is 4.64. The maximum Gasteiger partial charge on any atom is 0.237 e. The molecular weight excluding hydrogens is 348 g/mol. The Bertz CT molecular complexity index is 778. The first-order chi connectivity index (χ1) is 13.1. The van der Waals surface area contributed by atoms with Gasteiger partial charge in [0.15, 0.2) is 5.76 Å². The summed E-state index contributed by atoms with van der Waals surface area (Å²) in [4.78, 5) is 28.6. The van der Waals surface area contributed by atoms with Crippen molar-refractivity contribution in [2.24, 2.45) is 0 Å². The lowest BCUT2D eigenvalue weighted by Crippen LogP contribution is -2.56. The summed E-state index contributed by atoms with van der Waals surface area (Å²) >= 11 is 0. The van der Waals surface area contributed by atoms with E-state index in [1.54, 1.807) is 25.1 Å². The van der Waals surface area contributed by atoms with E-state index in [-0.39, 0.29) is 18.2 Å². The molecule has 144 valence electrons. The Balaban J connectivity index is 1.66. The van der Waals surface area contributed by atoms with E-state index in [2.05, 4.69) is 10.5 Å². The van der Waals surface area contributed by atoms with Crippen LogP contribution in [0.25, 0.3) is 0 Å². The summed E-state index contributed by atoms with van der Waals surface area (Å²) in [6, 6.07) is 8.95. The molecule has 2 amide bonds. The molecule has 1 saturated heterocycles. The first-order valence-corrected chi connectivity index (χ1v) is 8.85. The smallest absolute Gasteiger partial charge is 0.237 e. The van der Waals surface area contributed by atoms with Crippen molar-refractivity contribution < 1.29 is 18.8 Å². The van der Waals surface area contributed by atoms with Crippen molar-refractivity contribution in [2.75, 3.05) is 27.2 Å². The number of carbonyl (C=O) groups is 2. The van der Waals surface area contributed by atoms with Crippen LogP contribution >= 0.6 is 0 Å². The van der Waals surface area contributed by atoms with Gasteiger partial charge in [-0.05, 0) is 17.7 Å². The first-order valence-electron chi connectivity index (χ1n) is 8.85. The average Bonchev–Trinajstić information content (AvgIpc) is 3.17. The molecule has 1 fully saturated rings. The summed E-state index contributed by atoms with van der Waals surface area (Å²) in [5, 5.41) is 6.50. The van der Waals surface area contributed by atoms with Crippen LogP contribution in [0.5, 0.6) is 5.75 Å². The zero-order valence-electron chi connectivity index (χ0n) is 15.6. The van der Waals surface area contributed by atoms with Gasteiger partial charge in [-0.3, -0.25) is 14.5 Å². The summed E-state index contributed by atoms with van der Waals surface area (Å²) in [5.74, 6) is 1.13. The fraction of sp³-hybridized carbons (Fsp3) is 0.421. The molecule has 2 heterocycles. The van der Waals surface area contributed by atoms with Gasteiger partial charge in [-0.2, -0.15) is 0 Å². The molecule has 0 saturated carbocycles. The molecule has 1 aromatic carbocycles. The second kappa shape index (κ2) is 8.68. The number of ether oxygens (including phenoxy) is 1. The second-order valence-corrected chi connectivity index (χ2v) is 6.56. The van der Waals surface area contributed by atoms with E-state index in [0.717, 1.165) is 11.3 Å². The van der Waals surface area contributed by atoms with Gasteiger partial charge in [0.25, 0.3) is 0 Å². The van der Waals surface area contributed by atoms with Crippen LogP contribution in [0.2, 0.25) is 0 Å². The zero-order chi connectivity index (χ0) is 19.2. The highest BCUT2D eigenvalue weighted by Crippen LogP contribution is 2.18. The van der Waals surface area contributed by atoms with Crippen LogP contribution in [-0.2, 0) is 22.7 Å². The molecule has 2 aromatic rings. The third kappa shape index (κ3) is 4.85. The van der Waals surface area contributed by atoms with Gasteiger partial charge in [0.2, 0.25) is 11.8 Å².